The molecule has 0 aliphatic heterocycles. The maximum Gasteiger partial charge on any atom is 0.245 e. The van der Waals surface area contributed by atoms with Crippen molar-refractivity contribution in [2.45, 2.75) is 18.9 Å². The van der Waals surface area contributed by atoms with Crippen LogP contribution in [0.1, 0.15) is 18.4 Å². The summed E-state index contributed by atoms with van der Waals surface area (Å²) in [6.07, 6.45) is 1.82. The Labute approximate surface area is 139 Å². The maximum absolute atomic E-state index is 14.6. The van der Waals surface area contributed by atoms with Crippen LogP contribution < -0.4 is 4.74 Å². The predicted octanol–water partition coefficient (Wildman–Crippen LogP) is 3.76. The summed E-state index contributed by atoms with van der Waals surface area (Å²) in [5, 5.41) is 22.8. The number of hydrogen-bond acceptors (Lipinski definition) is 4. The van der Waals surface area contributed by atoms with Gasteiger partial charge in [-0.25, -0.2) is 4.39 Å². The molecule has 0 bridgehead atoms. The summed E-state index contributed by atoms with van der Waals surface area (Å²) in [5.74, 6) is -0.825. The zero-order valence-electron chi connectivity index (χ0n) is 11.4. The molecule has 0 spiro atoms. The Bertz CT molecular complexity index is 812. The Balaban J connectivity index is 2.29. The van der Waals surface area contributed by atoms with Gasteiger partial charge in [-0.15, -0.1) is 5.10 Å². The Morgan fingerprint density at radius 1 is 1.59 bits per heavy atom. The SMILES string of the molecule is Cn1nc(O)c(Br)c1-c1c(F)c(Cl)cc(OC2CC2)c1C#N. The van der Waals surface area contributed by atoms with Crippen LogP contribution in [0.2, 0.25) is 5.02 Å². The summed E-state index contributed by atoms with van der Waals surface area (Å²) < 4.78 is 21.7. The molecule has 2 aromatic rings. The number of aromatic nitrogens is 2. The maximum atomic E-state index is 14.6. The second-order valence-corrected chi connectivity index (χ2v) is 6.16. The quantitative estimate of drug-likeness (QED) is 0.872. The first-order valence-electron chi connectivity index (χ1n) is 6.44. The lowest BCUT2D eigenvalue weighted by atomic mass is 10.0. The Kier molecular flexibility index (Phi) is 3.75. The average Bonchev–Trinajstić information content (AvgIpc) is 3.23. The third-order valence-corrected chi connectivity index (χ3v) is 4.33. The third kappa shape index (κ3) is 2.42. The standard InChI is InChI=1S/C14H10BrClFN3O2/c1-20-13(11(15)14(21)19-20)10-7(5-18)9(22-6-2-3-6)4-8(16)12(10)17/h4,6H,2-3H2,1H3,(H,19,21). The van der Waals surface area contributed by atoms with Crippen LogP contribution in [-0.2, 0) is 7.05 Å². The fourth-order valence-electron chi connectivity index (χ4n) is 2.15. The van der Waals surface area contributed by atoms with Gasteiger partial charge in [0.1, 0.15) is 21.9 Å². The highest BCUT2D eigenvalue weighted by Crippen LogP contribution is 2.43. The summed E-state index contributed by atoms with van der Waals surface area (Å²) in [6, 6.07) is 3.27. The number of aromatic hydroxyl groups is 1. The Morgan fingerprint density at radius 3 is 2.77 bits per heavy atom. The number of ether oxygens (including phenoxy) is 1. The highest BCUT2D eigenvalue weighted by molar-refractivity contribution is 9.10. The van der Waals surface area contributed by atoms with Gasteiger partial charge in [-0.05, 0) is 28.8 Å². The second-order valence-electron chi connectivity index (χ2n) is 4.96. The van der Waals surface area contributed by atoms with Crippen molar-refractivity contribution in [2.24, 2.45) is 7.05 Å². The van der Waals surface area contributed by atoms with Crippen molar-refractivity contribution >= 4 is 27.5 Å². The monoisotopic (exact) mass is 385 g/mol. The predicted molar refractivity (Wildman–Crippen MR) is 81.3 cm³/mol. The second kappa shape index (κ2) is 5.45. The molecule has 1 saturated carbocycles. The van der Waals surface area contributed by atoms with Crippen LogP contribution in [0.25, 0.3) is 11.3 Å². The molecule has 8 heteroatoms. The highest BCUT2D eigenvalue weighted by atomic mass is 79.9. The lowest BCUT2D eigenvalue weighted by Gasteiger charge is -2.13. The fourth-order valence-corrected chi connectivity index (χ4v) is 2.88. The zero-order valence-corrected chi connectivity index (χ0v) is 13.7. The van der Waals surface area contributed by atoms with E-state index in [2.05, 4.69) is 21.0 Å². The first-order chi connectivity index (χ1) is 10.4. The van der Waals surface area contributed by atoms with Gasteiger partial charge in [-0.3, -0.25) is 4.68 Å². The average molecular weight is 387 g/mol. The summed E-state index contributed by atoms with van der Waals surface area (Å²) in [7, 11) is 1.53. The van der Waals surface area contributed by atoms with Gasteiger partial charge < -0.3 is 9.84 Å². The molecule has 1 heterocycles. The molecule has 3 rings (SSSR count). The number of benzene rings is 1. The number of hydrogen-bond donors (Lipinski definition) is 1. The van der Waals surface area contributed by atoms with E-state index in [4.69, 9.17) is 16.3 Å². The normalized spacial score (nSPS) is 14.0. The Hall–Kier alpha value is -1.78. The van der Waals surface area contributed by atoms with Crippen LogP contribution in [0.15, 0.2) is 10.5 Å². The molecule has 1 aromatic heterocycles. The van der Waals surface area contributed by atoms with Crippen LogP contribution >= 0.6 is 27.5 Å². The number of aryl methyl sites for hydroxylation is 1. The number of halogens is 3. The third-order valence-electron chi connectivity index (χ3n) is 3.32. The van der Waals surface area contributed by atoms with E-state index in [1.807, 2.05) is 6.07 Å². The lowest BCUT2D eigenvalue weighted by molar-refractivity contribution is 0.302. The van der Waals surface area contributed by atoms with Gasteiger partial charge in [0.15, 0.2) is 5.82 Å². The summed E-state index contributed by atoms with van der Waals surface area (Å²) >= 11 is 9.10. The smallest absolute Gasteiger partial charge is 0.245 e. The minimum atomic E-state index is -0.759. The van der Waals surface area contributed by atoms with Crippen molar-refractivity contribution in [3.8, 4) is 29.0 Å². The van der Waals surface area contributed by atoms with E-state index in [-0.39, 0.29) is 44.0 Å². The van der Waals surface area contributed by atoms with Crippen LogP contribution in [0.5, 0.6) is 11.6 Å². The molecule has 0 amide bonds. The summed E-state index contributed by atoms with van der Waals surface area (Å²) in [5.41, 5.74) is 0.194. The minimum Gasteiger partial charge on any atom is -0.491 e. The molecule has 22 heavy (non-hydrogen) atoms. The van der Waals surface area contributed by atoms with E-state index in [0.717, 1.165) is 12.8 Å². The molecule has 0 radical (unpaired) electrons. The first-order valence-corrected chi connectivity index (χ1v) is 7.61. The molecular formula is C14H10BrClFN3O2. The van der Waals surface area contributed by atoms with E-state index in [1.165, 1.54) is 17.8 Å². The van der Waals surface area contributed by atoms with E-state index in [1.54, 1.807) is 0 Å². The molecule has 5 nitrogen and oxygen atoms in total. The van der Waals surface area contributed by atoms with Crippen molar-refractivity contribution < 1.29 is 14.2 Å². The molecule has 0 atom stereocenters. The van der Waals surface area contributed by atoms with Gasteiger partial charge in [0.2, 0.25) is 5.88 Å². The van der Waals surface area contributed by atoms with Gasteiger partial charge in [0.25, 0.3) is 0 Å². The highest BCUT2D eigenvalue weighted by Gasteiger charge is 2.30. The van der Waals surface area contributed by atoms with Crippen LogP contribution in [0.4, 0.5) is 4.39 Å². The van der Waals surface area contributed by atoms with Gasteiger partial charge in [-0.1, -0.05) is 11.6 Å². The van der Waals surface area contributed by atoms with Crippen LogP contribution in [0, 0.1) is 17.1 Å². The first kappa shape index (κ1) is 15.1. The van der Waals surface area contributed by atoms with Crippen molar-refractivity contribution in [3.05, 3.63) is 26.9 Å². The van der Waals surface area contributed by atoms with Gasteiger partial charge in [0, 0.05) is 13.1 Å². The molecule has 0 unspecified atom stereocenters. The molecule has 1 aliphatic rings. The van der Waals surface area contributed by atoms with E-state index in [0.29, 0.717) is 0 Å². The van der Waals surface area contributed by atoms with Crippen LogP contribution in [-0.4, -0.2) is 21.0 Å². The molecule has 1 fully saturated rings. The van der Waals surface area contributed by atoms with Gasteiger partial charge in [0.05, 0.1) is 22.4 Å². The number of rotatable bonds is 3. The number of nitrogens with zero attached hydrogens (tertiary/aromatic N) is 3. The lowest BCUT2D eigenvalue weighted by Crippen LogP contribution is -2.04. The van der Waals surface area contributed by atoms with Crippen molar-refractivity contribution in [2.75, 3.05) is 0 Å². The van der Waals surface area contributed by atoms with E-state index >= 15 is 0 Å². The molecule has 114 valence electrons. The molecular weight excluding hydrogens is 377 g/mol. The van der Waals surface area contributed by atoms with E-state index < -0.39 is 5.82 Å². The fraction of sp³-hybridized carbons (Fsp3) is 0.286. The zero-order chi connectivity index (χ0) is 16.0. The van der Waals surface area contributed by atoms with Crippen molar-refractivity contribution in [3.63, 3.8) is 0 Å². The van der Waals surface area contributed by atoms with Crippen LogP contribution in [0.3, 0.4) is 0 Å². The van der Waals surface area contributed by atoms with Gasteiger partial charge >= 0.3 is 0 Å². The molecule has 0 saturated heterocycles. The molecule has 1 aliphatic carbocycles. The Morgan fingerprint density at radius 2 is 2.27 bits per heavy atom. The minimum absolute atomic E-state index is 0.0255. The topological polar surface area (TPSA) is 71.1 Å². The van der Waals surface area contributed by atoms with Gasteiger partial charge in [-0.2, -0.15) is 5.26 Å². The van der Waals surface area contributed by atoms with E-state index in [9.17, 15) is 14.8 Å². The van der Waals surface area contributed by atoms with Crippen molar-refractivity contribution in [1.29, 1.82) is 5.26 Å². The molecule has 1 N–H and O–H groups in total. The molecule has 1 aromatic carbocycles. The largest absolute Gasteiger partial charge is 0.491 e. The summed E-state index contributed by atoms with van der Waals surface area (Å²) in [4.78, 5) is 0. The van der Waals surface area contributed by atoms with Crippen molar-refractivity contribution in [1.82, 2.24) is 9.78 Å². The summed E-state index contributed by atoms with van der Waals surface area (Å²) in [6.45, 7) is 0. The number of nitriles is 1.